The summed E-state index contributed by atoms with van der Waals surface area (Å²) in [5.41, 5.74) is -0.366. The topological polar surface area (TPSA) is 92.2 Å². The summed E-state index contributed by atoms with van der Waals surface area (Å²) in [5, 5.41) is 11.3. The second-order valence-corrected chi connectivity index (χ2v) is 7.21. The zero-order valence-electron chi connectivity index (χ0n) is 15.7. The van der Waals surface area contributed by atoms with Crippen LogP contribution in [0.15, 0.2) is 18.1 Å². The van der Waals surface area contributed by atoms with E-state index >= 15 is 0 Å². The van der Waals surface area contributed by atoms with E-state index in [1.54, 1.807) is 20.8 Å². The summed E-state index contributed by atoms with van der Waals surface area (Å²) in [7, 11) is 0. The first-order valence-corrected chi connectivity index (χ1v) is 8.28. The fourth-order valence-corrected chi connectivity index (χ4v) is 2.13. The van der Waals surface area contributed by atoms with Gasteiger partial charge in [-0.25, -0.2) is 18.7 Å². The average molecular weight is 427 g/mol. The Labute approximate surface area is 161 Å². The Morgan fingerprint density at radius 1 is 1.17 bits per heavy atom. The number of hydrogen-bond acceptors (Lipinski definition) is 7. The van der Waals surface area contributed by atoms with Crippen LogP contribution in [0.3, 0.4) is 0 Å². The van der Waals surface area contributed by atoms with Crippen LogP contribution in [-0.4, -0.2) is 43.9 Å². The van der Waals surface area contributed by atoms with Crippen LogP contribution in [0.4, 0.5) is 38.2 Å². The maximum absolute atomic E-state index is 14.3. The number of aliphatic hydroxyl groups is 1. The largest absolute Gasteiger partial charge is 0.430 e. The molecule has 29 heavy (non-hydrogen) atoms. The van der Waals surface area contributed by atoms with Gasteiger partial charge in [-0.05, 0) is 27.2 Å². The molecule has 0 bridgehead atoms. The van der Waals surface area contributed by atoms with Crippen LogP contribution in [-0.2, 0) is 4.84 Å². The molecule has 13 heteroatoms. The summed E-state index contributed by atoms with van der Waals surface area (Å²) in [5.74, 6) is -6.89. The van der Waals surface area contributed by atoms with E-state index in [0.29, 0.717) is 0 Å². The summed E-state index contributed by atoms with van der Waals surface area (Å²) in [4.78, 5) is 16.3. The first-order valence-electron chi connectivity index (χ1n) is 8.28. The third kappa shape index (κ3) is 5.79. The van der Waals surface area contributed by atoms with Crippen molar-refractivity contribution in [1.82, 2.24) is 15.0 Å². The molecule has 1 aromatic heterocycles. The summed E-state index contributed by atoms with van der Waals surface area (Å²) in [6.45, 7) is 7.75. The zero-order chi connectivity index (χ0) is 22.2. The van der Waals surface area contributed by atoms with Gasteiger partial charge in [-0.15, -0.1) is 0 Å². The van der Waals surface area contributed by atoms with Crippen LogP contribution in [0.1, 0.15) is 39.4 Å². The van der Waals surface area contributed by atoms with Gasteiger partial charge in [0, 0.05) is 12.0 Å². The van der Waals surface area contributed by atoms with E-state index in [1.807, 2.05) is 5.32 Å². The molecule has 1 unspecified atom stereocenters. The number of aromatic nitrogens is 3. The van der Waals surface area contributed by atoms with Crippen LogP contribution in [0.5, 0.6) is 0 Å². The Balaban J connectivity index is 2.46. The highest BCUT2D eigenvalue weighted by Crippen LogP contribution is 2.41. The molecule has 0 saturated carbocycles. The second-order valence-electron chi connectivity index (χ2n) is 7.21. The van der Waals surface area contributed by atoms with Crippen molar-refractivity contribution in [2.75, 3.05) is 10.8 Å². The summed E-state index contributed by atoms with van der Waals surface area (Å²) < 4.78 is 79.5. The summed E-state index contributed by atoms with van der Waals surface area (Å²) in [6, 6.07) is 0. The molecule has 1 atom stereocenters. The molecule has 0 saturated heterocycles. The van der Waals surface area contributed by atoms with E-state index in [2.05, 4.69) is 27.0 Å². The highest BCUT2D eigenvalue weighted by Gasteiger charge is 2.46. The van der Waals surface area contributed by atoms with E-state index in [-0.39, 0.29) is 0 Å². The number of hydrogen-bond donors (Lipinski definition) is 3. The summed E-state index contributed by atoms with van der Waals surface area (Å²) in [6.07, 6.45) is -9.00. The number of alkyl halides is 5. The molecule has 162 valence electrons. The molecular weight excluding hydrogens is 408 g/mol. The third-order valence-electron chi connectivity index (χ3n) is 3.60. The van der Waals surface area contributed by atoms with Gasteiger partial charge in [0.25, 0.3) is 11.9 Å². The quantitative estimate of drug-likeness (QED) is 0.484. The lowest BCUT2D eigenvalue weighted by Crippen LogP contribution is -2.37. The number of nitrogens with zero attached hydrogens (tertiary/aromatic N) is 3. The van der Waals surface area contributed by atoms with E-state index in [4.69, 9.17) is 4.84 Å². The van der Waals surface area contributed by atoms with Crippen molar-refractivity contribution in [2.45, 2.75) is 57.4 Å². The van der Waals surface area contributed by atoms with Gasteiger partial charge >= 0.3 is 6.18 Å². The molecule has 1 heterocycles. The lowest BCUT2D eigenvalue weighted by atomic mass is 9.92. The average Bonchev–Trinajstić information content (AvgIpc) is 2.56. The molecule has 0 aromatic carbocycles. The van der Waals surface area contributed by atoms with Crippen molar-refractivity contribution in [3.8, 4) is 0 Å². The Bertz CT molecular complexity index is 819. The minimum Gasteiger partial charge on any atom is -0.380 e. The molecule has 0 fully saturated rings. The van der Waals surface area contributed by atoms with Gasteiger partial charge in [-0.1, -0.05) is 6.58 Å². The number of rotatable bonds is 5. The number of allylic oxidation sites excluding steroid dienone is 2. The number of nitrogens with one attached hydrogen (secondary N) is 2. The standard InChI is InChI=1S/C16H19F6N5O2/c1-7(16(20,21)22)23-12-24-11(25-13(26-12)27-29-14(2,3)4)8-5-6-15(18,19)10(28)9(8)17/h10,28H,1,5-6H2,2-4H3,(H2,23,24,25,26,27). The van der Waals surface area contributed by atoms with Crippen LogP contribution < -0.4 is 10.8 Å². The van der Waals surface area contributed by atoms with Gasteiger partial charge in [0.05, 0.1) is 5.60 Å². The maximum Gasteiger partial charge on any atom is 0.430 e. The number of aliphatic hydroxyl groups excluding tert-OH is 1. The van der Waals surface area contributed by atoms with Crippen molar-refractivity contribution < 1.29 is 36.3 Å². The number of anilines is 2. The molecule has 1 aromatic rings. The van der Waals surface area contributed by atoms with Gasteiger partial charge < -0.3 is 10.4 Å². The van der Waals surface area contributed by atoms with Crippen molar-refractivity contribution in [1.29, 1.82) is 0 Å². The van der Waals surface area contributed by atoms with E-state index in [1.165, 1.54) is 0 Å². The molecule has 1 aliphatic carbocycles. The van der Waals surface area contributed by atoms with Crippen LogP contribution >= 0.6 is 0 Å². The maximum atomic E-state index is 14.3. The highest BCUT2D eigenvalue weighted by molar-refractivity contribution is 5.66. The molecule has 7 nitrogen and oxygen atoms in total. The van der Waals surface area contributed by atoms with Gasteiger partial charge in [0.2, 0.25) is 5.95 Å². The van der Waals surface area contributed by atoms with Crippen molar-refractivity contribution in [3.05, 3.63) is 23.9 Å². The van der Waals surface area contributed by atoms with Crippen LogP contribution in [0.25, 0.3) is 5.57 Å². The molecule has 0 aliphatic heterocycles. The van der Waals surface area contributed by atoms with Crippen molar-refractivity contribution in [2.24, 2.45) is 0 Å². The molecule has 0 amide bonds. The van der Waals surface area contributed by atoms with E-state index in [0.717, 1.165) is 0 Å². The number of halogens is 6. The summed E-state index contributed by atoms with van der Waals surface area (Å²) >= 11 is 0. The van der Waals surface area contributed by atoms with Crippen molar-refractivity contribution in [3.63, 3.8) is 0 Å². The fraction of sp³-hybridized carbons (Fsp3) is 0.562. The second kappa shape index (κ2) is 7.78. The Morgan fingerprint density at radius 3 is 2.31 bits per heavy atom. The van der Waals surface area contributed by atoms with Gasteiger partial charge in [0.1, 0.15) is 11.5 Å². The SMILES string of the molecule is C=C(Nc1nc(NOC(C)(C)C)nc(C2=C(F)C(O)C(F)(F)CC2)n1)C(F)(F)F. The first-order chi connectivity index (χ1) is 13.1. The van der Waals surface area contributed by atoms with Gasteiger partial charge in [0.15, 0.2) is 11.9 Å². The van der Waals surface area contributed by atoms with Crippen molar-refractivity contribution >= 4 is 17.5 Å². The third-order valence-corrected chi connectivity index (χ3v) is 3.60. The highest BCUT2D eigenvalue weighted by atomic mass is 19.4. The Kier molecular flexibility index (Phi) is 6.14. The van der Waals surface area contributed by atoms with E-state index < -0.39 is 71.5 Å². The van der Waals surface area contributed by atoms with Gasteiger partial charge in [-0.3, -0.25) is 4.84 Å². The predicted octanol–water partition coefficient (Wildman–Crippen LogP) is 3.97. The zero-order valence-corrected chi connectivity index (χ0v) is 15.7. The Hall–Kier alpha value is -2.41. The molecule has 3 N–H and O–H groups in total. The Morgan fingerprint density at radius 2 is 1.76 bits per heavy atom. The molecular formula is C16H19F6N5O2. The predicted molar refractivity (Wildman–Crippen MR) is 91.3 cm³/mol. The van der Waals surface area contributed by atoms with Crippen LogP contribution in [0, 0.1) is 0 Å². The molecule has 1 aliphatic rings. The lowest BCUT2D eigenvalue weighted by Gasteiger charge is -2.27. The smallest absolute Gasteiger partial charge is 0.380 e. The molecule has 0 spiro atoms. The lowest BCUT2D eigenvalue weighted by molar-refractivity contribution is -0.107. The fourth-order valence-electron chi connectivity index (χ4n) is 2.13. The molecule has 2 rings (SSSR count). The van der Waals surface area contributed by atoms with Crippen LogP contribution in [0.2, 0.25) is 0 Å². The monoisotopic (exact) mass is 427 g/mol. The normalized spacial score (nSPS) is 19.9. The minimum atomic E-state index is -4.82. The molecule has 0 radical (unpaired) electrons. The minimum absolute atomic E-state index is 0.408. The first kappa shape index (κ1) is 22.9. The van der Waals surface area contributed by atoms with Gasteiger partial charge in [-0.2, -0.15) is 28.1 Å². The van der Waals surface area contributed by atoms with E-state index in [9.17, 15) is 31.4 Å².